The van der Waals surface area contributed by atoms with Crippen LogP contribution in [-0.4, -0.2) is 43.5 Å². The lowest BCUT2D eigenvalue weighted by molar-refractivity contribution is -0.286. The Morgan fingerprint density at radius 2 is 1.87 bits per heavy atom. The molecule has 1 aliphatic heterocycles. The molecule has 2 aromatic carbocycles. The van der Waals surface area contributed by atoms with Gasteiger partial charge in [-0.25, -0.2) is 4.39 Å². The number of aliphatic hydroxyl groups excluding tert-OH is 2. The highest BCUT2D eigenvalue weighted by Gasteiger charge is 2.53. The third-order valence-electron chi connectivity index (χ3n) is 7.47. The number of benzene rings is 2. The molecular weight excluding hydrogens is 498 g/mol. The molecule has 38 heavy (non-hydrogen) atoms. The molecule has 1 amide bonds. The van der Waals surface area contributed by atoms with Crippen molar-refractivity contribution in [2.45, 2.75) is 64.0 Å². The van der Waals surface area contributed by atoms with Crippen LogP contribution >= 0.6 is 0 Å². The van der Waals surface area contributed by atoms with Crippen molar-refractivity contribution in [2.24, 2.45) is 5.41 Å². The molecule has 1 aliphatic carbocycles. The van der Waals surface area contributed by atoms with E-state index in [1.54, 1.807) is 6.07 Å². The monoisotopic (exact) mass is 529 g/mol. The Bertz CT molecular complexity index is 1260. The molecule has 1 saturated carbocycles. The topological polar surface area (TPSA) is 88.0 Å². The largest absolute Gasteiger partial charge is 0.586 e. The van der Waals surface area contributed by atoms with E-state index in [9.17, 15) is 23.8 Å². The smallest absolute Gasteiger partial charge is 0.397 e. The number of alkyl halides is 2. The van der Waals surface area contributed by atoms with Gasteiger partial charge < -0.3 is 25.0 Å². The maximum atomic E-state index is 15.2. The molecular formula is C28H31BF3NO5. The normalized spacial score (nSPS) is 18.3. The average molecular weight is 529 g/mol. The van der Waals surface area contributed by atoms with Crippen molar-refractivity contribution in [2.75, 3.05) is 18.5 Å². The molecule has 10 heteroatoms. The maximum Gasteiger partial charge on any atom is 0.586 e. The predicted octanol–water partition coefficient (Wildman–Crippen LogP) is 5.12. The van der Waals surface area contributed by atoms with E-state index >= 15 is 4.39 Å². The second-order valence-electron chi connectivity index (χ2n) is 10.7. The second kappa shape index (κ2) is 10.3. The van der Waals surface area contributed by atoms with Crippen LogP contribution in [0.15, 0.2) is 35.9 Å². The average Bonchev–Trinajstić information content (AvgIpc) is 3.61. The van der Waals surface area contributed by atoms with Gasteiger partial charge in [0.15, 0.2) is 11.5 Å². The summed E-state index contributed by atoms with van der Waals surface area (Å²) in [7, 11) is 5.85. The number of hydrogen-bond acceptors (Lipinski definition) is 5. The molecule has 1 fully saturated rings. The fourth-order valence-corrected chi connectivity index (χ4v) is 4.32. The van der Waals surface area contributed by atoms with Gasteiger partial charge >= 0.3 is 6.29 Å². The Labute approximate surface area is 221 Å². The van der Waals surface area contributed by atoms with Crippen molar-refractivity contribution in [1.29, 1.82) is 0 Å². The minimum atomic E-state index is -3.77. The molecule has 1 heterocycles. The van der Waals surface area contributed by atoms with E-state index in [4.69, 9.17) is 7.85 Å². The number of carbonyl (C=O) groups excluding carboxylic acids is 1. The summed E-state index contributed by atoms with van der Waals surface area (Å²) in [4.78, 5) is 13.4. The van der Waals surface area contributed by atoms with Gasteiger partial charge in [-0.2, -0.15) is 0 Å². The highest BCUT2D eigenvalue weighted by molar-refractivity contribution is 6.11. The van der Waals surface area contributed by atoms with E-state index in [0.717, 1.165) is 5.57 Å². The molecule has 0 saturated heterocycles. The van der Waals surface area contributed by atoms with Crippen LogP contribution in [0.25, 0.3) is 6.08 Å². The molecule has 1 atom stereocenters. The van der Waals surface area contributed by atoms with Gasteiger partial charge in [-0.1, -0.05) is 43.8 Å². The summed E-state index contributed by atoms with van der Waals surface area (Å²) in [5.74, 6) is -1.82. The van der Waals surface area contributed by atoms with Crippen molar-refractivity contribution in [3.8, 4) is 11.5 Å². The third kappa shape index (κ3) is 5.71. The van der Waals surface area contributed by atoms with E-state index in [0.29, 0.717) is 42.4 Å². The fraction of sp³-hybridized carbons (Fsp3) is 0.464. The molecule has 2 aliphatic rings. The minimum absolute atomic E-state index is 0.0235. The molecule has 202 valence electrons. The van der Waals surface area contributed by atoms with Gasteiger partial charge in [0.1, 0.15) is 5.82 Å². The van der Waals surface area contributed by atoms with Crippen LogP contribution in [0, 0.1) is 11.2 Å². The van der Waals surface area contributed by atoms with Crippen LogP contribution in [0.3, 0.4) is 0 Å². The van der Waals surface area contributed by atoms with E-state index in [2.05, 4.69) is 14.8 Å². The summed E-state index contributed by atoms with van der Waals surface area (Å²) in [6.07, 6.45) is -0.169. The molecule has 0 bridgehead atoms. The number of ether oxygens (including phenoxy) is 2. The Balaban J connectivity index is 1.63. The van der Waals surface area contributed by atoms with Crippen LogP contribution < -0.4 is 14.8 Å². The lowest BCUT2D eigenvalue weighted by Gasteiger charge is -2.24. The third-order valence-corrected chi connectivity index (χ3v) is 7.47. The number of amides is 1. The predicted molar refractivity (Wildman–Crippen MR) is 138 cm³/mol. The molecule has 2 radical (unpaired) electrons. The van der Waals surface area contributed by atoms with Crippen LogP contribution in [0.4, 0.5) is 18.9 Å². The SMILES string of the molecule is [B][C@@H](CO)CCc1cc(F)c(NC(=O)C2(c3ccc4c(c3)OC(F)(F)O4)CC2)cc1/C=C(\C)C(C)(C)CO. The lowest BCUT2D eigenvalue weighted by Crippen LogP contribution is -2.28. The first kappa shape index (κ1) is 28.0. The van der Waals surface area contributed by atoms with Crippen molar-refractivity contribution in [3.05, 3.63) is 58.4 Å². The minimum Gasteiger partial charge on any atom is -0.397 e. The Kier molecular flexibility index (Phi) is 7.60. The summed E-state index contributed by atoms with van der Waals surface area (Å²) in [6, 6.07) is 7.11. The lowest BCUT2D eigenvalue weighted by atomic mass is 9.81. The zero-order valence-corrected chi connectivity index (χ0v) is 21.6. The maximum absolute atomic E-state index is 15.2. The molecule has 6 nitrogen and oxygen atoms in total. The van der Waals surface area contributed by atoms with E-state index in [1.165, 1.54) is 24.3 Å². The summed E-state index contributed by atoms with van der Waals surface area (Å²) in [5, 5.41) is 21.7. The van der Waals surface area contributed by atoms with Gasteiger partial charge in [-0.15, -0.1) is 8.78 Å². The number of carbonyl (C=O) groups is 1. The van der Waals surface area contributed by atoms with Crippen molar-refractivity contribution >= 4 is 25.5 Å². The van der Waals surface area contributed by atoms with Gasteiger partial charge in [0.2, 0.25) is 5.91 Å². The van der Waals surface area contributed by atoms with E-state index < -0.39 is 34.7 Å². The highest BCUT2D eigenvalue weighted by Crippen LogP contribution is 2.52. The number of aliphatic hydroxyl groups is 2. The van der Waals surface area contributed by atoms with Gasteiger partial charge in [0, 0.05) is 12.0 Å². The number of halogens is 3. The molecule has 3 N–H and O–H groups in total. The summed E-state index contributed by atoms with van der Waals surface area (Å²) >= 11 is 0. The second-order valence-corrected chi connectivity index (χ2v) is 10.7. The first-order valence-corrected chi connectivity index (χ1v) is 12.5. The number of rotatable bonds is 10. The number of fused-ring (bicyclic) bond motifs is 1. The number of hydrogen-bond donors (Lipinski definition) is 3. The van der Waals surface area contributed by atoms with Crippen molar-refractivity contribution in [3.63, 3.8) is 0 Å². The van der Waals surface area contributed by atoms with Gasteiger partial charge in [0.25, 0.3) is 0 Å². The number of aryl methyl sites for hydroxylation is 1. The quantitative estimate of drug-likeness (QED) is 0.372. The van der Waals surface area contributed by atoms with Crippen LogP contribution in [0.2, 0.25) is 5.82 Å². The molecule has 0 unspecified atom stereocenters. The van der Waals surface area contributed by atoms with Crippen molar-refractivity contribution < 1.29 is 37.7 Å². The first-order valence-electron chi connectivity index (χ1n) is 12.5. The Morgan fingerprint density at radius 1 is 1.18 bits per heavy atom. The van der Waals surface area contributed by atoms with Crippen LogP contribution in [0.1, 0.15) is 56.7 Å². The van der Waals surface area contributed by atoms with Crippen LogP contribution in [0.5, 0.6) is 11.5 Å². The zero-order chi connectivity index (χ0) is 27.9. The molecule has 0 aromatic heterocycles. The molecule has 4 rings (SSSR count). The van der Waals surface area contributed by atoms with Crippen molar-refractivity contribution in [1.82, 2.24) is 0 Å². The number of nitrogens with one attached hydrogen (secondary N) is 1. The summed E-state index contributed by atoms with van der Waals surface area (Å²) in [6.45, 7) is 5.34. The first-order chi connectivity index (χ1) is 17.8. The summed E-state index contributed by atoms with van der Waals surface area (Å²) < 4.78 is 51.1. The Morgan fingerprint density at radius 3 is 2.50 bits per heavy atom. The van der Waals surface area contributed by atoms with E-state index in [1.807, 2.05) is 26.8 Å². The van der Waals surface area contributed by atoms with Gasteiger partial charge in [-0.05, 0) is 67.1 Å². The standard InChI is InChI=1S/C28H31BF3NO5/c1-16(26(2,3)15-35)10-18-12-22(21(30)11-17(18)4-6-20(29)14-34)33-25(36)27(8-9-27)19-5-7-23-24(13-19)38-28(31,32)37-23/h5,7,10-13,20,34-35H,4,6,8-9,14-15H2,1-3H3,(H,33,36)/b16-10+/t20-/m1/s1. The van der Waals surface area contributed by atoms with E-state index in [-0.39, 0.29) is 30.4 Å². The Hall–Kier alpha value is -2.98. The van der Waals surface area contributed by atoms with Gasteiger partial charge in [0.05, 0.1) is 25.6 Å². The number of anilines is 1. The van der Waals surface area contributed by atoms with Gasteiger partial charge in [-0.3, -0.25) is 4.79 Å². The molecule has 2 aromatic rings. The highest BCUT2D eigenvalue weighted by atomic mass is 19.3. The zero-order valence-electron chi connectivity index (χ0n) is 21.6. The molecule has 0 spiro atoms. The fourth-order valence-electron chi connectivity index (χ4n) is 4.32. The van der Waals surface area contributed by atoms with Crippen LogP contribution in [-0.2, 0) is 16.6 Å². The summed E-state index contributed by atoms with van der Waals surface area (Å²) in [5.41, 5.74) is 1.09.